The molecule has 1 aromatic carbocycles. The number of carbonyl (C=O) groups is 2. The Balaban J connectivity index is 1.61. The van der Waals surface area contributed by atoms with E-state index in [4.69, 9.17) is 0 Å². The zero-order valence-corrected chi connectivity index (χ0v) is 20.8. The monoisotopic (exact) mass is 482 g/mol. The Hall–Kier alpha value is -3.56. The molecule has 2 aromatic rings. The molecule has 0 radical (unpaired) electrons. The van der Waals surface area contributed by atoms with Crippen LogP contribution in [0.5, 0.6) is 0 Å². The molecule has 3 rings (SSSR count). The molecule has 2 atom stereocenters. The van der Waals surface area contributed by atoms with Gasteiger partial charge in [-0.05, 0) is 56.2 Å². The summed E-state index contributed by atoms with van der Waals surface area (Å²) in [7, 11) is 0. The van der Waals surface area contributed by atoms with Crippen molar-refractivity contribution < 1.29 is 14.5 Å². The molecule has 2 heterocycles. The lowest BCUT2D eigenvalue weighted by molar-refractivity contribution is -0.385. The summed E-state index contributed by atoms with van der Waals surface area (Å²) in [6.07, 6.45) is 2.69. The molecule has 2 amide bonds. The Kier molecular flexibility index (Phi) is 8.73. The average Bonchev–Trinajstić information content (AvgIpc) is 2.83. The van der Waals surface area contributed by atoms with Crippen molar-refractivity contribution in [1.82, 2.24) is 20.4 Å². The van der Waals surface area contributed by atoms with Crippen LogP contribution in [0.1, 0.15) is 67.8 Å². The minimum absolute atomic E-state index is 0.0291. The van der Waals surface area contributed by atoms with Gasteiger partial charge in [0.25, 0.3) is 17.5 Å². The zero-order valence-electron chi connectivity index (χ0n) is 20.8. The summed E-state index contributed by atoms with van der Waals surface area (Å²) in [6.45, 7) is 9.95. The predicted molar refractivity (Wildman–Crippen MR) is 133 cm³/mol. The molecule has 1 aliphatic rings. The van der Waals surface area contributed by atoms with E-state index >= 15 is 0 Å². The summed E-state index contributed by atoms with van der Waals surface area (Å²) in [5, 5.41) is 22.6. The van der Waals surface area contributed by atoms with Gasteiger partial charge >= 0.3 is 0 Å². The van der Waals surface area contributed by atoms with Crippen molar-refractivity contribution in [3.05, 3.63) is 57.8 Å². The molecule has 1 N–H and O–H groups in total. The Bertz CT molecular complexity index is 1040. The molecule has 1 aromatic heterocycles. The van der Waals surface area contributed by atoms with Crippen molar-refractivity contribution >= 4 is 23.3 Å². The van der Waals surface area contributed by atoms with E-state index in [0.29, 0.717) is 37.2 Å². The number of nitrogens with one attached hydrogen (secondary N) is 1. The largest absolute Gasteiger partial charge is 0.348 e. The summed E-state index contributed by atoms with van der Waals surface area (Å²) in [6, 6.07) is 9.33. The summed E-state index contributed by atoms with van der Waals surface area (Å²) in [5.41, 5.74) is 0.0915. The van der Waals surface area contributed by atoms with E-state index in [1.165, 1.54) is 18.2 Å². The van der Waals surface area contributed by atoms with Crippen LogP contribution in [0.2, 0.25) is 0 Å². The molecule has 1 aliphatic heterocycles. The molecule has 10 heteroatoms. The summed E-state index contributed by atoms with van der Waals surface area (Å²) < 4.78 is 0. The number of anilines is 1. The zero-order chi connectivity index (χ0) is 25.5. The highest BCUT2D eigenvalue weighted by Crippen LogP contribution is 2.23. The molecule has 0 saturated carbocycles. The third-order valence-electron chi connectivity index (χ3n) is 6.03. The first kappa shape index (κ1) is 26.1. The summed E-state index contributed by atoms with van der Waals surface area (Å²) >= 11 is 0. The van der Waals surface area contributed by atoms with Crippen LogP contribution in [0.3, 0.4) is 0 Å². The third-order valence-corrected chi connectivity index (χ3v) is 6.03. The van der Waals surface area contributed by atoms with Crippen molar-refractivity contribution in [3.63, 3.8) is 0 Å². The molecule has 1 fully saturated rings. The van der Waals surface area contributed by atoms with E-state index in [9.17, 15) is 19.7 Å². The van der Waals surface area contributed by atoms with Gasteiger partial charge in [0.05, 0.1) is 11.6 Å². The number of hydrogen-bond donors (Lipinski definition) is 1. The van der Waals surface area contributed by atoms with Crippen LogP contribution in [0.4, 0.5) is 11.5 Å². The predicted octanol–water partition coefficient (Wildman–Crippen LogP) is 3.89. The number of amides is 2. The van der Waals surface area contributed by atoms with E-state index in [2.05, 4.69) is 36.3 Å². The first-order valence-corrected chi connectivity index (χ1v) is 12.1. The second kappa shape index (κ2) is 11.7. The average molecular weight is 483 g/mol. The molecule has 1 saturated heterocycles. The summed E-state index contributed by atoms with van der Waals surface area (Å²) in [5.74, 6) is 1.02. The van der Waals surface area contributed by atoms with Gasteiger partial charge in [0.2, 0.25) is 0 Å². The van der Waals surface area contributed by atoms with E-state index in [1.807, 2.05) is 11.8 Å². The second-order valence-electron chi connectivity index (χ2n) is 9.72. The number of para-hydroxylation sites is 1. The van der Waals surface area contributed by atoms with E-state index in [-0.39, 0.29) is 35.6 Å². The molecule has 0 aliphatic carbocycles. The van der Waals surface area contributed by atoms with Crippen molar-refractivity contribution in [2.24, 2.45) is 11.8 Å². The first-order valence-electron chi connectivity index (χ1n) is 12.1. The van der Waals surface area contributed by atoms with Crippen LogP contribution in [-0.4, -0.2) is 57.6 Å². The molecular weight excluding hydrogens is 448 g/mol. The van der Waals surface area contributed by atoms with Crippen molar-refractivity contribution in [3.8, 4) is 0 Å². The Morgan fingerprint density at radius 3 is 2.46 bits per heavy atom. The molecular formula is C25H34N6O4. The molecule has 0 bridgehead atoms. The van der Waals surface area contributed by atoms with Gasteiger partial charge in [-0.1, -0.05) is 32.9 Å². The topological polar surface area (TPSA) is 122 Å². The molecule has 188 valence electrons. The van der Waals surface area contributed by atoms with Gasteiger partial charge in [0.1, 0.15) is 5.56 Å². The smallest absolute Gasteiger partial charge is 0.282 e. The number of carbonyl (C=O) groups excluding carboxylic acids is 2. The fraction of sp³-hybridized carbons (Fsp3) is 0.520. The normalized spacial score (nSPS) is 15.6. The van der Waals surface area contributed by atoms with Crippen LogP contribution in [0.15, 0.2) is 36.4 Å². The highest BCUT2D eigenvalue weighted by molar-refractivity contribution is 5.98. The SMILES string of the molecule is CC(C)CC(C)CC(C)NC(=O)c1ccc(N2CCCN(C(=O)c3ccccc3[N+](=O)[O-])C2)nn1. The molecule has 2 unspecified atom stereocenters. The minimum Gasteiger partial charge on any atom is -0.348 e. The molecule has 10 nitrogen and oxygen atoms in total. The maximum absolute atomic E-state index is 13.0. The first-order chi connectivity index (χ1) is 16.7. The number of nitrogens with zero attached hydrogens (tertiary/aromatic N) is 5. The number of nitro benzene ring substituents is 1. The lowest BCUT2D eigenvalue weighted by Gasteiger charge is -2.36. The Labute approximate surface area is 205 Å². The van der Waals surface area contributed by atoms with Crippen LogP contribution >= 0.6 is 0 Å². The maximum Gasteiger partial charge on any atom is 0.282 e. The van der Waals surface area contributed by atoms with Gasteiger partial charge in [-0.3, -0.25) is 19.7 Å². The number of nitro groups is 1. The standard InChI is InChI=1S/C25H34N6O4/c1-17(2)14-18(3)15-19(4)26-24(32)21-10-11-23(28-27-21)29-12-7-13-30(16-29)25(33)20-8-5-6-9-22(20)31(34)35/h5-6,8-11,17-19H,7,12-16H2,1-4H3,(H,26,32). The van der Waals surface area contributed by atoms with Crippen molar-refractivity contribution in [1.29, 1.82) is 0 Å². The highest BCUT2D eigenvalue weighted by Gasteiger charge is 2.28. The van der Waals surface area contributed by atoms with Gasteiger partial charge in [0.15, 0.2) is 11.5 Å². The number of benzene rings is 1. The van der Waals surface area contributed by atoms with Gasteiger partial charge in [-0.25, -0.2) is 0 Å². The minimum atomic E-state index is -0.546. The van der Waals surface area contributed by atoms with Crippen molar-refractivity contribution in [2.75, 3.05) is 24.7 Å². The van der Waals surface area contributed by atoms with Crippen molar-refractivity contribution in [2.45, 2.75) is 53.0 Å². The molecule has 35 heavy (non-hydrogen) atoms. The van der Waals surface area contributed by atoms with Crippen LogP contribution < -0.4 is 10.2 Å². The van der Waals surface area contributed by atoms with Gasteiger partial charge in [-0.2, -0.15) is 0 Å². The van der Waals surface area contributed by atoms with E-state index in [0.717, 1.165) is 12.8 Å². The van der Waals surface area contributed by atoms with E-state index < -0.39 is 10.8 Å². The van der Waals surface area contributed by atoms with Gasteiger partial charge in [-0.15, -0.1) is 10.2 Å². The van der Waals surface area contributed by atoms with Crippen LogP contribution in [-0.2, 0) is 0 Å². The maximum atomic E-state index is 13.0. The van der Waals surface area contributed by atoms with Crippen LogP contribution in [0, 0.1) is 22.0 Å². The number of hydrogen-bond acceptors (Lipinski definition) is 7. The number of aromatic nitrogens is 2. The van der Waals surface area contributed by atoms with Crippen LogP contribution in [0.25, 0.3) is 0 Å². The molecule has 0 spiro atoms. The lowest BCUT2D eigenvalue weighted by atomic mass is 9.93. The fourth-order valence-corrected chi connectivity index (χ4v) is 4.61. The van der Waals surface area contributed by atoms with Gasteiger partial charge < -0.3 is 15.1 Å². The lowest BCUT2D eigenvalue weighted by Crippen LogP contribution is -2.48. The third kappa shape index (κ3) is 6.97. The fourth-order valence-electron chi connectivity index (χ4n) is 4.61. The number of rotatable bonds is 9. The van der Waals surface area contributed by atoms with Gasteiger partial charge in [0, 0.05) is 25.2 Å². The Morgan fingerprint density at radius 2 is 1.80 bits per heavy atom. The quantitative estimate of drug-likeness (QED) is 0.425. The summed E-state index contributed by atoms with van der Waals surface area (Å²) in [4.78, 5) is 39.8. The highest BCUT2D eigenvalue weighted by atomic mass is 16.6. The van der Waals surface area contributed by atoms with E-state index in [1.54, 1.807) is 23.1 Å². The Morgan fingerprint density at radius 1 is 1.06 bits per heavy atom. The second-order valence-corrected chi connectivity index (χ2v) is 9.72.